The second-order valence-corrected chi connectivity index (χ2v) is 4.63. The third-order valence-electron chi connectivity index (χ3n) is 2.97. The van der Waals surface area contributed by atoms with E-state index < -0.39 is 0 Å². The lowest BCUT2D eigenvalue weighted by Gasteiger charge is -2.22. The molecule has 0 bridgehead atoms. The minimum Gasteiger partial charge on any atom is -0.497 e. The van der Waals surface area contributed by atoms with E-state index in [-0.39, 0.29) is 12.1 Å². The summed E-state index contributed by atoms with van der Waals surface area (Å²) in [6.45, 7) is 4.94. The molecule has 0 saturated heterocycles. The lowest BCUT2D eigenvalue weighted by atomic mass is 10.0. The van der Waals surface area contributed by atoms with E-state index in [1.165, 1.54) is 12.8 Å². The fourth-order valence-corrected chi connectivity index (χ4v) is 1.91. The smallest absolute Gasteiger partial charge is 0.118 e. The van der Waals surface area contributed by atoms with E-state index in [1.807, 2.05) is 31.2 Å². The van der Waals surface area contributed by atoms with Gasteiger partial charge in [0.2, 0.25) is 0 Å². The number of benzene rings is 1. The Kier molecular flexibility index (Phi) is 6.76. The van der Waals surface area contributed by atoms with Crippen LogP contribution in [0.2, 0.25) is 0 Å². The van der Waals surface area contributed by atoms with Crippen molar-refractivity contribution in [2.24, 2.45) is 5.73 Å². The van der Waals surface area contributed by atoms with Gasteiger partial charge in [-0.05, 0) is 31.0 Å². The zero-order valence-electron chi connectivity index (χ0n) is 11.7. The number of ether oxygens (including phenoxy) is 2. The van der Waals surface area contributed by atoms with E-state index >= 15 is 0 Å². The molecule has 0 fully saturated rings. The fourth-order valence-electron chi connectivity index (χ4n) is 1.91. The van der Waals surface area contributed by atoms with Crippen LogP contribution in [0.25, 0.3) is 0 Å². The summed E-state index contributed by atoms with van der Waals surface area (Å²) in [7, 11) is 1.67. The molecule has 1 aromatic carbocycles. The second-order valence-electron chi connectivity index (χ2n) is 4.63. The third-order valence-corrected chi connectivity index (χ3v) is 2.97. The molecule has 2 unspecified atom stereocenters. The molecule has 0 aromatic heterocycles. The van der Waals surface area contributed by atoms with Crippen LogP contribution in [0.1, 0.15) is 44.8 Å². The predicted octanol–water partition coefficient (Wildman–Crippen LogP) is 3.29. The molecule has 102 valence electrons. The first kappa shape index (κ1) is 15.0. The molecule has 3 nitrogen and oxygen atoms in total. The number of hydrogen-bond acceptors (Lipinski definition) is 3. The van der Waals surface area contributed by atoms with Gasteiger partial charge in [-0.2, -0.15) is 0 Å². The lowest BCUT2D eigenvalue weighted by molar-refractivity contribution is 0.0360. The van der Waals surface area contributed by atoms with Gasteiger partial charge in [0.1, 0.15) is 5.75 Å². The second kappa shape index (κ2) is 8.11. The monoisotopic (exact) mass is 251 g/mol. The molecule has 0 amide bonds. The predicted molar refractivity (Wildman–Crippen MR) is 74.9 cm³/mol. The van der Waals surface area contributed by atoms with Gasteiger partial charge in [0, 0.05) is 12.6 Å². The van der Waals surface area contributed by atoms with E-state index in [9.17, 15) is 0 Å². The van der Waals surface area contributed by atoms with Crippen LogP contribution in [0.5, 0.6) is 5.75 Å². The number of rotatable bonds is 8. The first-order valence-corrected chi connectivity index (χ1v) is 6.70. The van der Waals surface area contributed by atoms with Gasteiger partial charge in [0.25, 0.3) is 0 Å². The Labute approximate surface area is 110 Å². The lowest BCUT2D eigenvalue weighted by Crippen LogP contribution is -2.27. The van der Waals surface area contributed by atoms with Crippen molar-refractivity contribution >= 4 is 0 Å². The molecule has 2 N–H and O–H groups in total. The number of unbranched alkanes of at least 4 members (excludes halogenated alkanes) is 2. The van der Waals surface area contributed by atoms with Crippen molar-refractivity contribution in [3.63, 3.8) is 0 Å². The molecule has 0 spiro atoms. The molecule has 18 heavy (non-hydrogen) atoms. The highest BCUT2D eigenvalue weighted by atomic mass is 16.5. The molecule has 0 aliphatic carbocycles. The van der Waals surface area contributed by atoms with Crippen LogP contribution in [-0.2, 0) is 4.74 Å². The molecular formula is C15H25NO2. The Bertz CT molecular complexity index is 322. The van der Waals surface area contributed by atoms with Crippen LogP contribution < -0.4 is 10.5 Å². The molecule has 3 heteroatoms. The maximum atomic E-state index is 6.00. The normalized spacial score (nSPS) is 14.2. The minimum absolute atomic E-state index is 0.0139. The summed E-state index contributed by atoms with van der Waals surface area (Å²) < 4.78 is 11.0. The molecule has 0 aliphatic rings. The van der Waals surface area contributed by atoms with Gasteiger partial charge in [-0.15, -0.1) is 0 Å². The maximum absolute atomic E-state index is 6.00. The summed E-state index contributed by atoms with van der Waals surface area (Å²) in [5.41, 5.74) is 7.11. The van der Waals surface area contributed by atoms with Gasteiger partial charge in [0.05, 0.1) is 13.2 Å². The molecule has 1 aromatic rings. The van der Waals surface area contributed by atoms with Gasteiger partial charge < -0.3 is 15.2 Å². The van der Waals surface area contributed by atoms with Crippen molar-refractivity contribution in [3.8, 4) is 5.75 Å². The summed E-state index contributed by atoms with van der Waals surface area (Å²) in [5, 5.41) is 0. The van der Waals surface area contributed by atoms with Crippen molar-refractivity contribution in [2.45, 2.75) is 45.3 Å². The Hall–Kier alpha value is -1.06. The zero-order chi connectivity index (χ0) is 13.4. The maximum Gasteiger partial charge on any atom is 0.118 e. The van der Waals surface area contributed by atoms with E-state index in [0.717, 1.165) is 24.3 Å². The van der Waals surface area contributed by atoms with E-state index in [0.29, 0.717) is 0 Å². The number of nitrogens with two attached hydrogens (primary N) is 1. The Morgan fingerprint density at radius 2 is 1.83 bits per heavy atom. The molecule has 0 saturated carbocycles. The van der Waals surface area contributed by atoms with Gasteiger partial charge >= 0.3 is 0 Å². The average Bonchev–Trinajstić information content (AvgIpc) is 2.39. The first-order valence-electron chi connectivity index (χ1n) is 6.70. The number of methoxy groups -OCH3 is 1. The Balaban J connectivity index is 2.59. The minimum atomic E-state index is -0.0345. The standard InChI is InChI=1S/C15H25NO2/c1-4-5-6-11-18-15(12(2)16)13-7-9-14(17-3)10-8-13/h7-10,12,15H,4-6,11,16H2,1-3H3. The first-order chi connectivity index (χ1) is 8.69. The van der Waals surface area contributed by atoms with E-state index in [4.69, 9.17) is 15.2 Å². The van der Waals surface area contributed by atoms with E-state index in [1.54, 1.807) is 7.11 Å². The third kappa shape index (κ3) is 4.67. The molecule has 0 aliphatic heterocycles. The molecular weight excluding hydrogens is 226 g/mol. The highest BCUT2D eigenvalue weighted by molar-refractivity contribution is 5.29. The van der Waals surface area contributed by atoms with Gasteiger partial charge in [-0.25, -0.2) is 0 Å². The summed E-state index contributed by atoms with van der Waals surface area (Å²) in [6.07, 6.45) is 3.46. The van der Waals surface area contributed by atoms with Crippen LogP contribution >= 0.6 is 0 Å². The van der Waals surface area contributed by atoms with Gasteiger partial charge in [0.15, 0.2) is 0 Å². The summed E-state index contributed by atoms with van der Waals surface area (Å²) in [6, 6.07) is 7.92. The number of hydrogen-bond donors (Lipinski definition) is 1. The van der Waals surface area contributed by atoms with Crippen molar-refractivity contribution in [1.29, 1.82) is 0 Å². The summed E-state index contributed by atoms with van der Waals surface area (Å²) in [4.78, 5) is 0. The van der Waals surface area contributed by atoms with Crippen molar-refractivity contribution in [2.75, 3.05) is 13.7 Å². The average molecular weight is 251 g/mol. The van der Waals surface area contributed by atoms with Crippen molar-refractivity contribution < 1.29 is 9.47 Å². The summed E-state index contributed by atoms with van der Waals surface area (Å²) >= 11 is 0. The fraction of sp³-hybridized carbons (Fsp3) is 0.600. The van der Waals surface area contributed by atoms with E-state index in [2.05, 4.69) is 6.92 Å². The molecule has 0 heterocycles. The van der Waals surface area contributed by atoms with Gasteiger partial charge in [-0.1, -0.05) is 31.9 Å². The van der Waals surface area contributed by atoms with Crippen LogP contribution in [0.3, 0.4) is 0 Å². The summed E-state index contributed by atoms with van der Waals surface area (Å²) in [5.74, 6) is 0.855. The quantitative estimate of drug-likeness (QED) is 0.721. The van der Waals surface area contributed by atoms with Crippen LogP contribution in [0.15, 0.2) is 24.3 Å². The van der Waals surface area contributed by atoms with Crippen LogP contribution in [0.4, 0.5) is 0 Å². The van der Waals surface area contributed by atoms with Crippen molar-refractivity contribution in [1.82, 2.24) is 0 Å². The molecule has 0 radical (unpaired) electrons. The zero-order valence-corrected chi connectivity index (χ0v) is 11.7. The Morgan fingerprint density at radius 1 is 1.17 bits per heavy atom. The van der Waals surface area contributed by atoms with Gasteiger partial charge in [-0.3, -0.25) is 0 Å². The highest BCUT2D eigenvalue weighted by Gasteiger charge is 2.16. The van der Waals surface area contributed by atoms with Crippen molar-refractivity contribution in [3.05, 3.63) is 29.8 Å². The van der Waals surface area contributed by atoms with Crippen LogP contribution in [-0.4, -0.2) is 19.8 Å². The topological polar surface area (TPSA) is 44.5 Å². The largest absolute Gasteiger partial charge is 0.497 e. The molecule has 1 rings (SSSR count). The Morgan fingerprint density at radius 3 is 2.33 bits per heavy atom. The molecule has 2 atom stereocenters. The highest BCUT2D eigenvalue weighted by Crippen LogP contribution is 2.23. The van der Waals surface area contributed by atoms with Crippen LogP contribution in [0, 0.1) is 0 Å². The SMILES string of the molecule is CCCCCOC(c1ccc(OC)cc1)C(C)N.